The van der Waals surface area contributed by atoms with E-state index in [4.69, 9.17) is 28.9 Å². The molecule has 38 heavy (non-hydrogen) atoms. The first-order valence-electron chi connectivity index (χ1n) is 12.3. The Morgan fingerprint density at radius 1 is 1.18 bits per heavy atom. The molecule has 3 aliphatic heterocycles. The van der Waals surface area contributed by atoms with Gasteiger partial charge in [0.2, 0.25) is 5.91 Å². The molecule has 5 aliphatic rings. The van der Waals surface area contributed by atoms with Crippen molar-refractivity contribution in [2.75, 3.05) is 18.8 Å². The highest BCUT2D eigenvalue weighted by molar-refractivity contribution is 6.40. The lowest BCUT2D eigenvalue weighted by Crippen LogP contribution is -2.46. The molecule has 2 atom stereocenters. The summed E-state index contributed by atoms with van der Waals surface area (Å²) in [7, 11) is 0. The quantitative estimate of drug-likeness (QED) is 0.536. The Morgan fingerprint density at radius 3 is 2.76 bits per heavy atom. The van der Waals surface area contributed by atoms with Crippen LogP contribution in [0.4, 0.5) is 10.2 Å². The summed E-state index contributed by atoms with van der Waals surface area (Å²) in [6.07, 6.45) is 7.78. The van der Waals surface area contributed by atoms with E-state index in [0.29, 0.717) is 41.4 Å². The fraction of sp³-hybridized carbons (Fsp3) is 0.296. The van der Waals surface area contributed by atoms with Crippen LogP contribution in [0.15, 0.2) is 68.6 Å². The van der Waals surface area contributed by atoms with Crippen LogP contribution in [0.2, 0.25) is 5.15 Å². The Balaban J connectivity index is 1.43. The number of hydrogen-bond donors (Lipinski definition) is 2. The molecule has 0 bridgehead atoms. The predicted molar refractivity (Wildman–Crippen MR) is 141 cm³/mol. The number of nitrogens with one attached hydrogen (secondary N) is 1. The normalized spacial score (nSPS) is 27.5. The van der Waals surface area contributed by atoms with Crippen molar-refractivity contribution in [2.45, 2.75) is 31.2 Å². The highest BCUT2D eigenvalue weighted by Crippen LogP contribution is 2.62. The van der Waals surface area contributed by atoms with Crippen LogP contribution < -0.4 is 5.73 Å². The summed E-state index contributed by atoms with van der Waals surface area (Å²) in [4.78, 5) is 44.4. The average molecular weight is 551 g/mol. The molecule has 3 N–H and O–H groups in total. The molecule has 11 heteroatoms. The van der Waals surface area contributed by atoms with Crippen LogP contribution >= 0.6 is 23.2 Å². The lowest BCUT2D eigenvalue weighted by molar-refractivity contribution is -0.129. The zero-order valence-corrected chi connectivity index (χ0v) is 21.5. The summed E-state index contributed by atoms with van der Waals surface area (Å²) in [5.41, 5.74) is 9.05. The molecule has 0 radical (unpaired) electrons. The molecule has 1 saturated heterocycles. The van der Waals surface area contributed by atoms with Gasteiger partial charge in [-0.25, -0.2) is 14.4 Å². The number of rotatable bonds is 2. The number of H-pyrrole nitrogens is 1. The summed E-state index contributed by atoms with van der Waals surface area (Å²) in [5, 5.41) is 0.341. The van der Waals surface area contributed by atoms with E-state index < -0.39 is 17.5 Å². The fourth-order valence-electron chi connectivity index (χ4n) is 6.39. The SMILES string of the molecule is Nc1ccc(-c2cnc(C3CN4C(=O)CC5(CC5)C4C4=C3C3=CC(=O)C=C(F)/C3=C(\Cl)C=NC4)[nH]2)c(Cl)n1. The predicted octanol–water partition coefficient (Wildman–Crippen LogP) is 4.42. The van der Waals surface area contributed by atoms with Gasteiger partial charge in [-0.1, -0.05) is 23.2 Å². The van der Waals surface area contributed by atoms with Crippen molar-refractivity contribution < 1.29 is 14.0 Å². The lowest BCUT2D eigenvalue weighted by Gasteiger charge is -2.42. The van der Waals surface area contributed by atoms with Gasteiger partial charge in [0.15, 0.2) is 5.78 Å². The van der Waals surface area contributed by atoms with Crippen LogP contribution in [0.5, 0.6) is 0 Å². The molecule has 7 rings (SSSR count). The van der Waals surface area contributed by atoms with Crippen LogP contribution in [0.1, 0.15) is 31.0 Å². The van der Waals surface area contributed by atoms with Gasteiger partial charge in [-0.05, 0) is 47.8 Å². The third kappa shape index (κ3) is 3.45. The molecule has 192 valence electrons. The largest absolute Gasteiger partial charge is 0.384 e. The molecular weight excluding hydrogens is 530 g/mol. The second-order valence-corrected chi connectivity index (χ2v) is 11.1. The Morgan fingerprint density at radius 2 is 2.00 bits per heavy atom. The molecule has 8 nitrogen and oxygen atoms in total. The molecule has 1 spiro atoms. The number of nitrogens with zero attached hydrogens (tertiary/aromatic N) is 4. The molecule has 2 unspecified atom stereocenters. The Hall–Kier alpha value is -3.56. The number of nitrogens with two attached hydrogens (primary N) is 1. The molecule has 2 aromatic rings. The maximum atomic E-state index is 15.3. The first kappa shape index (κ1) is 23.5. The van der Waals surface area contributed by atoms with Crippen LogP contribution in [0, 0.1) is 5.41 Å². The van der Waals surface area contributed by atoms with E-state index in [2.05, 4.69) is 19.9 Å². The molecule has 2 fully saturated rings. The van der Waals surface area contributed by atoms with Gasteiger partial charge in [-0.3, -0.25) is 14.6 Å². The number of aliphatic imine (C=N–C) groups is 1. The second-order valence-electron chi connectivity index (χ2n) is 10.4. The smallest absolute Gasteiger partial charge is 0.223 e. The minimum absolute atomic E-state index is 0.0845. The van der Waals surface area contributed by atoms with Gasteiger partial charge in [0.05, 0.1) is 35.4 Å². The highest BCUT2D eigenvalue weighted by Gasteiger charge is 2.62. The van der Waals surface area contributed by atoms with E-state index in [0.717, 1.165) is 30.1 Å². The molecule has 1 amide bonds. The van der Waals surface area contributed by atoms with Crippen molar-refractivity contribution in [3.63, 3.8) is 0 Å². The van der Waals surface area contributed by atoms with Gasteiger partial charge in [0, 0.05) is 41.8 Å². The number of hydrogen-bond acceptors (Lipinski definition) is 6. The van der Waals surface area contributed by atoms with Crippen molar-refractivity contribution in [3.8, 4) is 11.3 Å². The van der Waals surface area contributed by atoms with Crippen LogP contribution in [-0.4, -0.2) is 56.9 Å². The van der Waals surface area contributed by atoms with Crippen LogP contribution in [0.3, 0.4) is 0 Å². The summed E-state index contributed by atoms with van der Waals surface area (Å²) in [6.45, 7) is 0.611. The van der Waals surface area contributed by atoms with Gasteiger partial charge >= 0.3 is 0 Å². The monoisotopic (exact) mass is 550 g/mol. The van der Waals surface area contributed by atoms with E-state index in [9.17, 15) is 9.59 Å². The number of halogens is 3. The number of allylic oxidation sites excluding steroid dienone is 6. The Labute approximate surface area is 226 Å². The number of nitrogen functional groups attached to an aromatic ring is 1. The zero-order chi connectivity index (χ0) is 26.3. The van der Waals surface area contributed by atoms with E-state index in [1.807, 2.05) is 4.90 Å². The van der Waals surface area contributed by atoms with Crippen molar-refractivity contribution in [1.82, 2.24) is 19.9 Å². The number of fused-ring (bicyclic) bond motifs is 5. The van der Waals surface area contributed by atoms with Crippen LogP contribution in [0.25, 0.3) is 11.3 Å². The highest BCUT2D eigenvalue weighted by atomic mass is 35.5. The number of carbonyl (C=O) groups excluding carboxylic acids is 2. The first-order chi connectivity index (χ1) is 18.3. The van der Waals surface area contributed by atoms with Gasteiger partial charge in [-0.2, -0.15) is 0 Å². The maximum absolute atomic E-state index is 15.3. The minimum atomic E-state index is -0.706. The third-order valence-electron chi connectivity index (χ3n) is 8.16. The molecular formula is C27H21Cl2FN6O2. The second kappa shape index (κ2) is 8.22. The third-order valence-corrected chi connectivity index (χ3v) is 8.73. The zero-order valence-electron chi connectivity index (χ0n) is 20.0. The lowest BCUT2D eigenvalue weighted by atomic mass is 9.74. The summed E-state index contributed by atoms with van der Waals surface area (Å²) < 4.78 is 15.3. The van der Waals surface area contributed by atoms with E-state index in [1.165, 1.54) is 12.3 Å². The standard InChI is InChI=1S/C27H21Cl2FN6O2/c28-17-9-32-8-15-22(14-5-12(37)6-18(30)23(14)17)16(11-36-21(38)7-27(3-4-27)24(15)36)26-33-10-19(34-26)13-1-2-20(31)35-25(13)29/h1-2,5-6,9-10,16,24H,3-4,7-8,11H2,(H2,31,35)(H,33,34)/b23-17-,32-9?. The topological polar surface area (TPSA) is 117 Å². The number of aromatic nitrogens is 3. The van der Waals surface area contributed by atoms with Gasteiger partial charge in [0.1, 0.15) is 22.6 Å². The van der Waals surface area contributed by atoms with Gasteiger partial charge in [0.25, 0.3) is 0 Å². The number of imidazole rings is 1. The first-order valence-corrected chi connectivity index (χ1v) is 13.0. The van der Waals surface area contributed by atoms with E-state index >= 15 is 4.39 Å². The summed E-state index contributed by atoms with van der Waals surface area (Å²) in [6, 6.07) is 3.23. The van der Waals surface area contributed by atoms with Crippen LogP contribution in [-0.2, 0) is 9.59 Å². The summed E-state index contributed by atoms with van der Waals surface area (Å²) >= 11 is 12.9. The molecule has 2 aromatic heterocycles. The number of pyridine rings is 1. The molecule has 0 aromatic carbocycles. The van der Waals surface area contributed by atoms with Crippen molar-refractivity contribution in [1.29, 1.82) is 0 Å². The number of carbonyl (C=O) groups is 2. The van der Waals surface area contributed by atoms with E-state index in [-0.39, 0.29) is 39.7 Å². The molecule has 5 heterocycles. The van der Waals surface area contributed by atoms with E-state index in [1.54, 1.807) is 18.3 Å². The fourth-order valence-corrected chi connectivity index (χ4v) is 6.91. The minimum Gasteiger partial charge on any atom is -0.384 e. The number of aromatic amines is 1. The van der Waals surface area contributed by atoms with Gasteiger partial charge in [-0.15, -0.1) is 0 Å². The Kier molecular flexibility index (Phi) is 5.09. The number of anilines is 1. The van der Waals surface area contributed by atoms with Crippen molar-refractivity contribution in [3.05, 3.63) is 74.6 Å². The Bertz CT molecular complexity index is 1610. The number of ketones is 1. The molecule has 2 aliphatic carbocycles. The van der Waals surface area contributed by atoms with Gasteiger partial charge < -0.3 is 15.6 Å². The summed E-state index contributed by atoms with van der Waals surface area (Å²) in [5.74, 6) is -0.718. The maximum Gasteiger partial charge on any atom is 0.223 e. The average Bonchev–Trinajstić information content (AvgIpc) is 3.34. The molecule has 1 saturated carbocycles. The van der Waals surface area contributed by atoms with Crippen molar-refractivity contribution in [2.24, 2.45) is 10.4 Å². The van der Waals surface area contributed by atoms with Crippen molar-refractivity contribution >= 4 is 46.9 Å². The number of amides is 1.